The first kappa shape index (κ1) is 16.5. The van der Waals surface area contributed by atoms with E-state index in [4.69, 9.17) is 4.74 Å². The maximum atomic E-state index is 13.0. The summed E-state index contributed by atoms with van der Waals surface area (Å²) >= 11 is 0. The number of hydrogen-bond acceptors (Lipinski definition) is 3. The van der Waals surface area contributed by atoms with Crippen molar-refractivity contribution >= 4 is 17.7 Å². The number of ether oxygens (including phenoxy) is 1. The van der Waals surface area contributed by atoms with Crippen LogP contribution in [0.4, 0.5) is 5.69 Å². The monoisotopic (exact) mass is 346 g/mol. The molecule has 0 bridgehead atoms. The molecule has 26 heavy (non-hydrogen) atoms. The molecule has 1 fully saturated rings. The maximum absolute atomic E-state index is 13.0. The van der Waals surface area contributed by atoms with Crippen LogP contribution in [0.5, 0.6) is 5.75 Å². The SMILES string of the molecule is O=C(C1=Cc2ccccc2OC=C1)N1CCCN(c2ccccc2)CC1. The van der Waals surface area contributed by atoms with E-state index < -0.39 is 0 Å². The number of fused-ring (bicyclic) bond motifs is 1. The van der Waals surface area contributed by atoms with Crippen molar-refractivity contribution in [3.8, 4) is 5.75 Å². The summed E-state index contributed by atoms with van der Waals surface area (Å²) in [6.07, 6.45) is 6.25. The molecule has 2 aliphatic heterocycles. The summed E-state index contributed by atoms with van der Waals surface area (Å²) in [6.45, 7) is 3.31. The molecule has 0 unspecified atom stereocenters. The van der Waals surface area contributed by atoms with Crippen molar-refractivity contribution in [3.63, 3.8) is 0 Å². The van der Waals surface area contributed by atoms with E-state index in [0.717, 1.165) is 43.9 Å². The lowest BCUT2D eigenvalue weighted by atomic mass is 10.1. The van der Waals surface area contributed by atoms with E-state index in [0.29, 0.717) is 5.57 Å². The quantitative estimate of drug-likeness (QED) is 0.831. The Kier molecular flexibility index (Phi) is 4.73. The van der Waals surface area contributed by atoms with Crippen LogP contribution in [-0.4, -0.2) is 37.0 Å². The first-order valence-corrected chi connectivity index (χ1v) is 9.04. The van der Waals surface area contributed by atoms with Gasteiger partial charge in [-0.05, 0) is 36.8 Å². The summed E-state index contributed by atoms with van der Waals surface area (Å²) in [5.74, 6) is 0.842. The lowest BCUT2D eigenvalue weighted by Crippen LogP contribution is -2.35. The third-order valence-corrected chi connectivity index (χ3v) is 4.82. The number of para-hydroxylation sites is 2. The lowest BCUT2D eigenvalue weighted by molar-refractivity contribution is -0.126. The number of benzene rings is 2. The summed E-state index contributed by atoms with van der Waals surface area (Å²) in [7, 11) is 0. The summed E-state index contributed by atoms with van der Waals surface area (Å²) in [6, 6.07) is 18.2. The van der Waals surface area contributed by atoms with Crippen molar-refractivity contribution in [1.29, 1.82) is 0 Å². The Morgan fingerprint density at radius 1 is 0.885 bits per heavy atom. The van der Waals surface area contributed by atoms with Crippen LogP contribution < -0.4 is 9.64 Å². The lowest BCUT2D eigenvalue weighted by Gasteiger charge is -2.24. The Morgan fingerprint density at radius 3 is 2.58 bits per heavy atom. The molecule has 2 aliphatic rings. The van der Waals surface area contributed by atoms with Gasteiger partial charge in [-0.15, -0.1) is 0 Å². The first-order valence-electron chi connectivity index (χ1n) is 9.04. The van der Waals surface area contributed by atoms with Crippen molar-refractivity contribution in [2.45, 2.75) is 6.42 Å². The molecule has 0 saturated carbocycles. The van der Waals surface area contributed by atoms with Gasteiger partial charge in [-0.25, -0.2) is 0 Å². The maximum Gasteiger partial charge on any atom is 0.254 e. The largest absolute Gasteiger partial charge is 0.464 e. The minimum atomic E-state index is 0.0662. The second kappa shape index (κ2) is 7.48. The highest BCUT2D eigenvalue weighted by molar-refractivity contribution is 6.01. The number of rotatable bonds is 2. The molecule has 1 saturated heterocycles. The van der Waals surface area contributed by atoms with E-state index in [2.05, 4.69) is 29.2 Å². The molecule has 0 N–H and O–H groups in total. The summed E-state index contributed by atoms with van der Waals surface area (Å²) in [5.41, 5.74) is 2.82. The molecule has 4 heteroatoms. The van der Waals surface area contributed by atoms with Gasteiger partial charge in [0.1, 0.15) is 5.75 Å². The van der Waals surface area contributed by atoms with E-state index in [1.807, 2.05) is 41.3 Å². The number of hydrogen-bond donors (Lipinski definition) is 0. The van der Waals surface area contributed by atoms with Crippen LogP contribution in [0.3, 0.4) is 0 Å². The molecular weight excluding hydrogens is 324 g/mol. The molecule has 2 heterocycles. The van der Waals surface area contributed by atoms with Gasteiger partial charge < -0.3 is 14.5 Å². The van der Waals surface area contributed by atoms with E-state index in [9.17, 15) is 4.79 Å². The van der Waals surface area contributed by atoms with Crippen molar-refractivity contribution in [3.05, 3.63) is 78.1 Å². The minimum Gasteiger partial charge on any atom is -0.464 e. The van der Waals surface area contributed by atoms with Gasteiger partial charge in [0, 0.05) is 43.0 Å². The van der Waals surface area contributed by atoms with Crippen molar-refractivity contribution in [2.75, 3.05) is 31.1 Å². The molecular formula is C22H22N2O2. The Labute approximate surface area is 154 Å². The molecule has 1 amide bonds. The Bertz CT molecular complexity index is 842. The average molecular weight is 346 g/mol. The smallest absolute Gasteiger partial charge is 0.254 e. The van der Waals surface area contributed by atoms with Crippen molar-refractivity contribution in [2.24, 2.45) is 0 Å². The van der Waals surface area contributed by atoms with Gasteiger partial charge in [0.15, 0.2) is 0 Å². The van der Waals surface area contributed by atoms with Crippen molar-refractivity contribution < 1.29 is 9.53 Å². The number of carbonyl (C=O) groups is 1. The van der Waals surface area contributed by atoms with E-state index in [1.54, 1.807) is 12.3 Å². The Balaban J connectivity index is 1.49. The highest BCUT2D eigenvalue weighted by atomic mass is 16.5. The zero-order chi connectivity index (χ0) is 17.8. The fourth-order valence-corrected chi connectivity index (χ4v) is 3.44. The molecule has 0 atom stereocenters. The van der Waals surface area contributed by atoms with Gasteiger partial charge in [-0.3, -0.25) is 4.79 Å². The molecule has 0 spiro atoms. The molecule has 0 aromatic heterocycles. The van der Waals surface area contributed by atoms with Crippen LogP contribution in [0, 0.1) is 0 Å². The van der Waals surface area contributed by atoms with Crippen LogP contribution >= 0.6 is 0 Å². The second-order valence-electron chi connectivity index (χ2n) is 6.53. The molecule has 4 nitrogen and oxygen atoms in total. The zero-order valence-corrected chi connectivity index (χ0v) is 14.7. The van der Waals surface area contributed by atoms with Gasteiger partial charge in [-0.1, -0.05) is 36.4 Å². The van der Waals surface area contributed by atoms with Gasteiger partial charge in [0.2, 0.25) is 0 Å². The Morgan fingerprint density at radius 2 is 1.69 bits per heavy atom. The number of nitrogens with zero attached hydrogens (tertiary/aromatic N) is 2. The standard InChI is InChI=1S/C22H22N2O2/c25-22(19-11-16-26-21-10-5-4-7-18(21)17-19)24-13-6-12-23(14-15-24)20-8-2-1-3-9-20/h1-5,7-11,16-17H,6,12-15H2. The van der Waals surface area contributed by atoms with Crippen LogP contribution in [0.1, 0.15) is 12.0 Å². The van der Waals surface area contributed by atoms with Crippen molar-refractivity contribution in [1.82, 2.24) is 4.90 Å². The highest BCUT2D eigenvalue weighted by Crippen LogP contribution is 2.25. The van der Waals surface area contributed by atoms with Crippen LogP contribution in [0.15, 0.2) is 72.5 Å². The second-order valence-corrected chi connectivity index (χ2v) is 6.53. The topological polar surface area (TPSA) is 32.8 Å². The molecule has 0 radical (unpaired) electrons. The average Bonchev–Trinajstić information content (AvgIpc) is 3.07. The minimum absolute atomic E-state index is 0.0662. The summed E-state index contributed by atoms with van der Waals surface area (Å²) in [5, 5.41) is 0. The first-order chi connectivity index (χ1) is 12.8. The van der Waals surface area contributed by atoms with E-state index in [-0.39, 0.29) is 5.91 Å². The summed E-state index contributed by atoms with van der Waals surface area (Å²) in [4.78, 5) is 17.3. The predicted octanol–water partition coefficient (Wildman–Crippen LogP) is 3.72. The fourth-order valence-electron chi connectivity index (χ4n) is 3.44. The number of carbonyl (C=O) groups excluding carboxylic acids is 1. The normalized spacial score (nSPS) is 16.8. The van der Waals surface area contributed by atoms with Gasteiger partial charge in [0.25, 0.3) is 5.91 Å². The molecule has 0 aliphatic carbocycles. The summed E-state index contributed by atoms with van der Waals surface area (Å²) < 4.78 is 5.60. The third-order valence-electron chi connectivity index (χ3n) is 4.82. The van der Waals surface area contributed by atoms with Gasteiger partial charge in [-0.2, -0.15) is 0 Å². The van der Waals surface area contributed by atoms with Crippen LogP contribution in [-0.2, 0) is 4.79 Å². The zero-order valence-electron chi connectivity index (χ0n) is 14.7. The van der Waals surface area contributed by atoms with Gasteiger partial charge in [0.05, 0.1) is 6.26 Å². The number of amides is 1. The molecule has 2 aromatic rings. The molecule has 132 valence electrons. The van der Waals surface area contributed by atoms with Gasteiger partial charge >= 0.3 is 0 Å². The van der Waals surface area contributed by atoms with E-state index >= 15 is 0 Å². The fraction of sp³-hybridized carbons (Fsp3) is 0.227. The van der Waals surface area contributed by atoms with E-state index in [1.165, 1.54) is 5.69 Å². The predicted molar refractivity (Wildman–Crippen MR) is 104 cm³/mol. The molecule has 2 aromatic carbocycles. The van der Waals surface area contributed by atoms with Crippen LogP contribution in [0.25, 0.3) is 6.08 Å². The molecule has 4 rings (SSSR count). The third kappa shape index (κ3) is 3.49. The number of anilines is 1. The highest BCUT2D eigenvalue weighted by Gasteiger charge is 2.22. The van der Waals surface area contributed by atoms with Crippen LogP contribution in [0.2, 0.25) is 0 Å². The Hall–Kier alpha value is -3.01.